The highest BCUT2D eigenvalue weighted by Gasteiger charge is 2.18. The van der Waals surface area contributed by atoms with Crippen LogP contribution in [0.5, 0.6) is 0 Å². The number of carbonyl (C=O) groups is 1. The molecule has 0 bridgehead atoms. The van der Waals surface area contributed by atoms with Crippen molar-refractivity contribution in [2.24, 2.45) is 0 Å². The average Bonchev–Trinajstić information content (AvgIpc) is 3.03. The van der Waals surface area contributed by atoms with E-state index in [0.717, 1.165) is 43.0 Å². The highest BCUT2D eigenvalue weighted by atomic mass is 16.6. The second-order valence-electron chi connectivity index (χ2n) is 7.83. The fourth-order valence-electron chi connectivity index (χ4n) is 3.89. The second kappa shape index (κ2) is 10.0. The molecular weight excluding hydrogens is 408 g/mol. The molecule has 166 valence electrons. The number of hydrogen-bond donors (Lipinski definition) is 2. The first-order chi connectivity index (χ1) is 15.6. The molecule has 0 radical (unpaired) electrons. The van der Waals surface area contributed by atoms with Gasteiger partial charge in [0.25, 0.3) is 11.6 Å². The van der Waals surface area contributed by atoms with Gasteiger partial charge >= 0.3 is 0 Å². The van der Waals surface area contributed by atoms with Crippen LogP contribution < -0.4 is 10.6 Å². The third-order valence-corrected chi connectivity index (χ3v) is 5.60. The number of nitrogens with zero attached hydrogens (tertiary/aromatic N) is 4. The molecule has 3 aromatic rings. The molecule has 2 aromatic carbocycles. The Bertz CT molecular complexity index is 1100. The summed E-state index contributed by atoms with van der Waals surface area (Å²) in [6.07, 6.45) is 4.93. The van der Waals surface area contributed by atoms with Gasteiger partial charge in [-0.2, -0.15) is 0 Å². The standard InChI is InChI=1S/C23H26N6O3/c30-23(24-13-12-22-27-26-21-9-5-2-6-14-28(21)22)18-10-11-19(20(15-18)29(31)32)25-16-17-7-3-1-4-8-17/h1,3-4,7-8,10-11,15,25H,2,5-6,9,12-14,16H2,(H,24,30). The van der Waals surface area contributed by atoms with Crippen LogP contribution in [0.3, 0.4) is 0 Å². The maximum Gasteiger partial charge on any atom is 0.293 e. The minimum atomic E-state index is -0.477. The summed E-state index contributed by atoms with van der Waals surface area (Å²) in [6, 6.07) is 14.1. The third kappa shape index (κ3) is 5.11. The second-order valence-corrected chi connectivity index (χ2v) is 7.83. The van der Waals surface area contributed by atoms with Crippen molar-refractivity contribution in [1.29, 1.82) is 0 Å². The zero-order chi connectivity index (χ0) is 22.3. The van der Waals surface area contributed by atoms with Crippen molar-refractivity contribution in [2.75, 3.05) is 11.9 Å². The normalized spacial score (nSPS) is 13.1. The molecular formula is C23H26N6O3. The van der Waals surface area contributed by atoms with Gasteiger partial charge < -0.3 is 15.2 Å². The van der Waals surface area contributed by atoms with Gasteiger partial charge in [-0.1, -0.05) is 36.8 Å². The van der Waals surface area contributed by atoms with Gasteiger partial charge in [-0.3, -0.25) is 14.9 Å². The summed E-state index contributed by atoms with van der Waals surface area (Å²) in [4.78, 5) is 23.7. The Labute approximate surface area is 186 Å². The zero-order valence-electron chi connectivity index (χ0n) is 17.8. The molecule has 2 N–H and O–H groups in total. The third-order valence-electron chi connectivity index (χ3n) is 5.60. The van der Waals surface area contributed by atoms with E-state index < -0.39 is 4.92 Å². The number of aromatic nitrogens is 3. The van der Waals surface area contributed by atoms with Gasteiger partial charge in [0.05, 0.1) is 4.92 Å². The molecule has 0 fully saturated rings. The number of benzene rings is 2. The summed E-state index contributed by atoms with van der Waals surface area (Å²) < 4.78 is 2.15. The Morgan fingerprint density at radius 1 is 1.09 bits per heavy atom. The molecule has 1 aliphatic rings. The molecule has 32 heavy (non-hydrogen) atoms. The molecule has 4 rings (SSSR count). The van der Waals surface area contributed by atoms with Gasteiger partial charge in [0.2, 0.25) is 0 Å². The van der Waals surface area contributed by atoms with E-state index in [-0.39, 0.29) is 17.2 Å². The maximum atomic E-state index is 12.6. The van der Waals surface area contributed by atoms with E-state index in [4.69, 9.17) is 0 Å². The lowest BCUT2D eigenvalue weighted by atomic mass is 10.1. The molecule has 0 saturated heterocycles. The average molecular weight is 435 g/mol. The fraction of sp³-hybridized carbons (Fsp3) is 0.348. The summed E-state index contributed by atoms with van der Waals surface area (Å²) in [5.41, 5.74) is 1.51. The summed E-state index contributed by atoms with van der Waals surface area (Å²) >= 11 is 0. The molecule has 9 heteroatoms. The van der Waals surface area contributed by atoms with Gasteiger partial charge in [0.15, 0.2) is 0 Å². The first-order valence-electron chi connectivity index (χ1n) is 10.9. The van der Waals surface area contributed by atoms with Crippen molar-refractivity contribution >= 4 is 17.3 Å². The van der Waals surface area contributed by atoms with E-state index >= 15 is 0 Å². The van der Waals surface area contributed by atoms with Crippen LogP contribution >= 0.6 is 0 Å². The largest absolute Gasteiger partial charge is 0.375 e. The monoisotopic (exact) mass is 434 g/mol. The van der Waals surface area contributed by atoms with Gasteiger partial charge in [0, 0.05) is 44.1 Å². The predicted molar refractivity (Wildman–Crippen MR) is 120 cm³/mol. The van der Waals surface area contributed by atoms with Crippen molar-refractivity contribution in [3.63, 3.8) is 0 Å². The maximum absolute atomic E-state index is 12.6. The Hall–Kier alpha value is -3.75. The molecule has 0 atom stereocenters. The van der Waals surface area contributed by atoms with E-state index in [2.05, 4.69) is 25.4 Å². The van der Waals surface area contributed by atoms with Crippen molar-refractivity contribution in [3.05, 3.63) is 81.4 Å². The van der Waals surface area contributed by atoms with Crippen molar-refractivity contribution in [3.8, 4) is 0 Å². The summed E-state index contributed by atoms with van der Waals surface area (Å²) in [7, 11) is 0. The minimum absolute atomic E-state index is 0.128. The first kappa shape index (κ1) is 21.5. The first-order valence-corrected chi connectivity index (χ1v) is 10.9. The molecule has 9 nitrogen and oxygen atoms in total. The molecule has 1 aliphatic heterocycles. The molecule has 1 aromatic heterocycles. The van der Waals surface area contributed by atoms with E-state index in [1.54, 1.807) is 12.1 Å². The van der Waals surface area contributed by atoms with Crippen molar-refractivity contribution < 1.29 is 9.72 Å². The summed E-state index contributed by atoms with van der Waals surface area (Å²) in [5, 5.41) is 26.0. The van der Waals surface area contributed by atoms with Crippen LogP contribution in [0.4, 0.5) is 11.4 Å². The highest BCUT2D eigenvalue weighted by Crippen LogP contribution is 2.26. The summed E-state index contributed by atoms with van der Waals surface area (Å²) in [6.45, 7) is 1.75. The van der Waals surface area contributed by atoms with E-state index in [1.807, 2.05) is 30.3 Å². The van der Waals surface area contributed by atoms with E-state index in [0.29, 0.717) is 25.2 Å². The van der Waals surface area contributed by atoms with Crippen molar-refractivity contribution in [2.45, 2.75) is 45.2 Å². The topological polar surface area (TPSA) is 115 Å². The Morgan fingerprint density at radius 3 is 2.75 bits per heavy atom. The Kier molecular flexibility index (Phi) is 6.74. The van der Waals surface area contributed by atoms with Gasteiger partial charge in [-0.15, -0.1) is 10.2 Å². The van der Waals surface area contributed by atoms with Crippen LogP contribution in [0, 0.1) is 10.1 Å². The fourth-order valence-corrected chi connectivity index (χ4v) is 3.89. The smallest absolute Gasteiger partial charge is 0.293 e. The number of aryl methyl sites for hydroxylation is 1. The summed E-state index contributed by atoms with van der Waals surface area (Å²) in [5.74, 6) is 1.53. The van der Waals surface area contributed by atoms with Crippen LogP contribution in [0.25, 0.3) is 0 Å². The molecule has 2 heterocycles. The Balaban J connectivity index is 1.37. The van der Waals surface area contributed by atoms with Gasteiger partial charge in [-0.05, 0) is 30.5 Å². The van der Waals surface area contributed by atoms with Crippen LogP contribution in [-0.2, 0) is 25.9 Å². The number of nitrogens with one attached hydrogen (secondary N) is 2. The van der Waals surface area contributed by atoms with Crippen molar-refractivity contribution in [1.82, 2.24) is 20.1 Å². The minimum Gasteiger partial charge on any atom is -0.375 e. The lowest BCUT2D eigenvalue weighted by Gasteiger charge is -2.10. The van der Waals surface area contributed by atoms with Crippen LogP contribution in [0.1, 0.15) is 46.8 Å². The van der Waals surface area contributed by atoms with E-state index in [9.17, 15) is 14.9 Å². The van der Waals surface area contributed by atoms with Crippen LogP contribution in [0.2, 0.25) is 0 Å². The molecule has 0 aliphatic carbocycles. The molecule has 0 unspecified atom stereocenters. The zero-order valence-corrected chi connectivity index (χ0v) is 17.8. The number of amides is 1. The number of nitro groups is 1. The molecule has 1 amide bonds. The predicted octanol–water partition coefficient (Wildman–Crippen LogP) is 3.50. The number of hydrogen-bond acceptors (Lipinski definition) is 6. The number of nitro benzene ring substituents is 1. The molecule has 0 spiro atoms. The lowest BCUT2D eigenvalue weighted by molar-refractivity contribution is -0.384. The number of anilines is 1. The Morgan fingerprint density at radius 2 is 1.94 bits per heavy atom. The number of rotatable bonds is 8. The van der Waals surface area contributed by atoms with Crippen LogP contribution in [-0.4, -0.2) is 32.1 Å². The van der Waals surface area contributed by atoms with E-state index in [1.165, 1.54) is 12.5 Å². The number of fused-ring (bicyclic) bond motifs is 1. The quantitative estimate of drug-likeness (QED) is 0.414. The van der Waals surface area contributed by atoms with Gasteiger partial charge in [0.1, 0.15) is 17.3 Å². The lowest BCUT2D eigenvalue weighted by Crippen LogP contribution is -2.26. The van der Waals surface area contributed by atoms with Gasteiger partial charge in [-0.25, -0.2) is 0 Å². The number of carbonyl (C=O) groups excluding carboxylic acids is 1. The van der Waals surface area contributed by atoms with Crippen LogP contribution in [0.15, 0.2) is 48.5 Å². The highest BCUT2D eigenvalue weighted by molar-refractivity contribution is 5.95. The SMILES string of the molecule is O=C(NCCc1nnc2n1CCCCC2)c1ccc(NCc2ccccc2)c([N+](=O)[O-])c1. The molecule has 0 saturated carbocycles.